The fourth-order valence-corrected chi connectivity index (χ4v) is 7.33. The topological polar surface area (TPSA) is 14.2 Å². The van der Waals surface area contributed by atoms with E-state index in [9.17, 15) is 0 Å². The highest BCUT2D eigenvalue weighted by atomic mass is 15.1. The first-order valence-corrected chi connectivity index (χ1v) is 19.1. The zero-order valence-electron chi connectivity index (χ0n) is 31.7. The van der Waals surface area contributed by atoms with E-state index in [0.717, 1.165) is 52.4 Å². The van der Waals surface area contributed by atoms with Gasteiger partial charge in [0.2, 0.25) is 0 Å². The number of anilines is 3. The van der Waals surface area contributed by atoms with E-state index < -0.39 is 0 Å². The molecule has 0 amide bonds. The Balaban J connectivity index is 1.74. The predicted molar refractivity (Wildman–Crippen MR) is 217 cm³/mol. The Morgan fingerprint density at radius 1 is 0.551 bits per heavy atom. The van der Waals surface area contributed by atoms with E-state index in [1.54, 1.807) is 4.90 Å². The third-order valence-electron chi connectivity index (χ3n) is 10.5. The van der Waals surface area contributed by atoms with E-state index in [1.165, 1.54) is 39.3 Å². The molecule has 1 aliphatic rings. The van der Waals surface area contributed by atoms with Crippen LogP contribution < -0.4 is 19.6 Å². The summed E-state index contributed by atoms with van der Waals surface area (Å²) in [6, 6.07) is 28.0. The summed E-state index contributed by atoms with van der Waals surface area (Å²) in [5.41, 5.74) is 8.90. The maximum Gasteiger partial charge on any atom is 0.125 e. The third-order valence-corrected chi connectivity index (χ3v) is 10.5. The molecule has 1 N–H and O–H groups in total. The lowest BCUT2D eigenvalue weighted by atomic mass is 9.82. The first-order valence-electron chi connectivity index (χ1n) is 19.1. The molecule has 1 aliphatic carbocycles. The summed E-state index contributed by atoms with van der Waals surface area (Å²) < 4.78 is 0. The van der Waals surface area contributed by atoms with Gasteiger partial charge < -0.3 is 19.6 Å². The SMILES string of the molecule is CCN(CC)c1ccc(C(=CC=CC(c2ccc(N(CC)CC)cc2)C2C=CC([NH+](CC)CC)C=C2)c2ccc(N(CC)CC)cc2)cc1. The van der Waals surface area contributed by atoms with Crippen molar-refractivity contribution in [2.24, 2.45) is 5.92 Å². The second-order valence-electron chi connectivity index (χ2n) is 12.9. The molecule has 0 spiro atoms. The Morgan fingerprint density at radius 2 is 0.939 bits per heavy atom. The monoisotopic (exact) mass is 660 g/mol. The number of hydrogen-bond acceptors (Lipinski definition) is 3. The van der Waals surface area contributed by atoms with Crippen LogP contribution in [0.3, 0.4) is 0 Å². The lowest BCUT2D eigenvalue weighted by molar-refractivity contribution is -0.908. The maximum atomic E-state index is 2.45. The molecule has 0 aromatic heterocycles. The number of benzene rings is 3. The molecule has 0 aliphatic heterocycles. The molecule has 4 nitrogen and oxygen atoms in total. The van der Waals surface area contributed by atoms with E-state index in [-0.39, 0.29) is 5.92 Å². The zero-order chi connectivity index (χ0) is 35.2. The predicted octanol–water partition coefficient (Wildman–Crippen LogP) is 9.03. The number of quaternary nitrogens is 1. The summed E-state index contributed by atoms with van der Waals surface area (Å²) in [7, 11) is 0. The molecule has 1 unspecified atom stereocenters. The number of nitrogens with one attached hydrogen (secondary N) is 1. The Kier molecular flexibility index (Phi) is 14.8. The second-order valence-corrected chi connectivity index (χ2v) is 12.9. The Morgan fingerprint density at radius 3 is 1.31 bits per heavy atom. The average Bonchev–Trinajstić information content (AvgIpc) is 3.15. The molecule has 49 heavy (non-hydrogen) atoms. The minimum absolute atomic E-state index is 0.235. The molecule has 0 bridgehead atoms. The van der Waals surface area contributed by atoms with Crippen LogP contribution in [-0.4, -0.2) is 58.4 Å². The van der Waals surface area contributed by atoms with Crippen LogP contribution in [0.1, 0.15) is 78.0 Å². The van der Waals surface area contributed by atoms with E-state index >= 15 is 0 Å². The van der Waals surface area contributed by atoms with Gasteiger partial charge in [0.25, 0.3) is 0 Å². The molecule has 3 aromatic rings. The van der Waals surface area contributed by atoms with Crippen molar-refractivity contribution in [2.75, 3.05) is 67.1 Å². The highest BCUT2D eigenvalue weighted by Gasteiger charge is 2.23. The van der Waals surface area contributed by atoms with Gasteiger partial charge >= 0.3 is 0 Å². The van der Waals surface area contributed by atoms with Crippen LogP contribution >= 0.6 is 0 Å². The van der Waals surface area contributed by atoms with E-state index in [0.29, 0.717) is 12.0 Å². The van der Waals surface area contributed by atoms with Gasteiger partial charge in [0, 0.05) is 68.2 Å². The Bertz CT molecular complexity index is 1430. The maximum absolute atomic E-state index is 2.45. The van der Waals surface area contributed by atoms with Crippen LogP contribution in [0.2, 0.25) is 0 Å². The summed E-state index contributed by atoms with van der Waals surface area (Å²) >= 11 is 0. The van der Waals surface area contributed by atoms with Gasteiger partial charge in [0.15, 0.2) is 0 Å². The van der Waals surface area contributed by atoms with Crippen LogP contribution in [-0.2, 0) is 0 Å². The van der Waals surface area contributed by atoms with Gasteiger partial charge in [0.05, 0.1) is 13.1 Å². The number of nitrogens with zero attached hydrogens (tertiary/aromatic N) is 3. The van der Waals surface area contributed by atoms with Crippen LogP contribution in [0.25, 0.3) is 5.57 Å². The minimum atomic E-state index is 0.235. The van der Waals surface area contributed by atoms with Crippen molar-refractivity contribution >= 4 is 22.6 Å². The minimum Gasteiger partial charge on any atom is -0.372 e. The standard InChI is InChI=1S/C45H62N4/c1-9-46(10-2)40-28-20-36(21-29-40)44(37-22-30-41(31-23-37)47(11-3)12-4)18-17-19-45(38-24-32-42(33-25-38)48(13-5)14-6)39-26-34-43(35-27-39)49(15-7)16-8/h17-36,40,44H,9-16H2,1-8H3/p+1. The van der Waals surface area contributed by atoms with E-state index in [4.69, 9.17) is 0 Å². The Hall–Kier alpha value is -4.02. The number of hydrogen-bond donors (Lipinski definition) is 1. The second kappa shape index (κ2) is 19.2. The molecular formula is C45H63N4+. The molecule has 0 radical (unpaired) electrons. The van der Waals surface area contributed by atoms with Gasteiger partial charge in [-0.3, -0.25) is 0 Å². The summed E-state index contributed by atoms with van der Waals surface area (Å²) in [5.74, 6) is 0.541. The highest BCUT2D eigenvalue weighted by molar-refractivity contribution is 5.82. The molecular weight excluding hydrogens is 597 g/mol. The van der Waals surface area contributed by atoms with Gasteiger partial charge in [-0.1, -0.05) is 66.8 Å². The molecule has 0 saturated carbocycles. The molecule has 262 valence electrons. The number of allylic oxidation sites excluding steroid dienone is 5. The summed E-state index contributed by atoms with van der Waals surface area (Å²) in [6.45, 7) is 26.2. The van der Waals surface area contributed by atoms with Gasteiger partial charge in [-0.15, -0.1) is 0 Å². The summed E-state index contributed by atoms with van der Waals surface area (Å²) in [4.78, 5) is 8.82. The van der Waals surface area contributed by atoms with Crippen molar-refractivity contribution in [1.29, 1.82) is 0 Å². The molecule has 3 aromatic carbocycles. The summed E-state index contributed by atoms with van der Waals surface area (Å²) in [6.07, 6.45) is 16.8. The number of likely N-dealkylation sites (N-methyl/N-ethyl adjacent to an activating group) is 1. The molecule has 0 heterocycles. The van der Waals surface area contributed by atoms with Gasteiger partial charge in [-0.25, -0.2) is 0 Å². The largest absolute Gasteiger partial charge is 0.372 e. The molecule has 0 fully saturated rings. The fourth-order valence-electron chi connectivity index (χ4n) is 7.33. The Labute approximate surface area is 299 Å². The van der Waals surface area contributed by atoms with Gasteiger partial charge in [0.1, 0.15) is 6.04 Å². The molecule has 4 rings (SSSR count). The zero-order valence-corrected chi connectivity index (χ0v) is 31.7. The van der Waals surface area contributed by atoms with Gasteiger partial charge in [-0.2, -0.15) is 0 Å². The molecule has 0 saturated heterocycles. The third kappa shape index (κ3) is 9.57. The first-order chi connectivity index (χ1) is 23.9. The van der Waals surface area contributed by atoms with Crippen LogP contribution in [0, 0.1) is 5.92 Å². The van der Waals surface area contributed by atoms with Crippen molar-refractivity contribution in [2.45, 2.75) is 67.3 Å². The van der Waals surface area contributed by atoms with E-state index in [2.05, 4.69) is 185 Å². The normalized spacial score (nSPS) is 16.3. The highest BCUT2D eigenvalue weighted by Crippen LogP contribution is 2.33. The quantitative estimate of drug-likeness (QED) is 0.108. The van der Waals surface area contributed by atoms with Crippen LogP contribution in [0.5, 0.6) is 0 Å². The van der Waals surface area contributed by atoms with Crippen molar-refractivity contribution in [1.82, 2.24) is 0 Å². The molecule has 4 heteroatoms. The lowest BCUT2D eigenvalue weighted by Gasteiger charge is -2.28. The fraction of sp³-hybridized carbons (Fsp3) is 0.422. The lowest BCUT2D eigenvalue weighted by Crippen LogP contribution is -3.14. The first kappa shape index (κ1) is 37.8. The van der Waals surface area contributed by atoms with Crippen molar-refractivity contribution in [3.63, 3.8) is 0 Å². The van der Waals surface area contributed by atoms with E-state index in [1.807, 2.05) is 0 Å². The van der Waals surface area contributed by atoms with Crippen molar-refractivity contribution in [3.05, 3.63) is 132 Å². The number of rotatable bonds is 18. The smallest absolute Gasteiger partial charge is 0.125 e. The van der Waals surface area contributed by atoms with Gasteiger partial charge in [-0.05, 0) is 126 Å². The summed E-state index contributed by atoms with van der Waals surface area (Å²) in [5, 5.41) is 0. The average molecular weight is 660 g/mol. The van der Waals surface area contributed by atoms with Crippen LogP contribution in [0.15, 0.2) is 115 Å². The van der Waals surface area contributed by atoms with Crippen LogP contribution in [0.4, 0.5) is 17.1 Å². The molecule has 1 atom stereocenters. The van der Waals surface area contributed by atoms with Crippen molar-refractivity contribution < 1.29 is 4.90 Å². The van der Waals surface area contributed by atoms with Crippen molar-refractivity contribution in [3.8, 4) is 0 Å².